The Balaban J connectivity index is 1.72. The number of esters is 2. The summed E-state index contributed by atoms with van der Waals surface area (Å²) in [5.41, 5.74) is 21.5. The van der Waals surface area contributed by atoms with Crippen LogP contribution in [-0.4, -0.2) is 178 Å². The molecule has 2 heterocycles. The summed E-state index contributed by atoms with van der Waals surface area (Å²) >= 11 is 1.04. The number of thiazole rings is 1. The Bertz CT molecular complexity index is 2600. The van der Waals surface area contributed by atoms with Crippen molar-refractivity contribution in [3.63, 3.8) is 0 Å². The molecule has 14 N–H and O–H groups in total. The van der Waals surface area contributed by atoms with Crippen molar-refractivity contribution in [3.05, 3.63) is 45.9 Å². The zero-order valence-corrected chi connectivity index (χ0v) is 52.4. The largest absolute Gasteiger partial charge is 0.508 e. The molecule has 31 heteroatoms. The molecule has 1 aliphatic rings. The molecule has 86 heavy (non-hydrogen) atoms. The van der Waals surface area contributed by atoms with E-state index in [1.165, 1.54) is 29.3 Å². The maximum absolute atomic E-state index is 14.9. The average Bonchev–Trinajstić information content (AvgIpc) is 4.17. The number of aliphatic carboxylic acids is 1. The first-order chi connectivity index (χ1) is 40.7. The fraction of sp³-hybridized carbons (Fsp3) is 0.636. The number of benzene rings is 1. The predicted molar refractivity (Wildman–Crippen MR) is 321 cm³/mol. The number of phenolic OH excluding ortho intramolecular Hbond substituents is 1. The number of hydrazine groups is 1. The van der Waals surface area contributed by atoms with Gasteiger partial charge in [0.05, 0.1) is 18.5 Å². The maximum atomic E-state index is 14.9. The van der Waals surface area contributed by atoms with Crippen molar-refractivity contribution < 1.29 is 77.2 Å². The van der Waals surface area contributed by atoms with Gasteiger partial charge in [0, 0.05) is 61.2 Å². The fourth-order valence-corrected chi connectivity index (χ4v) is 11.8. The number of aromatic nitrogens is 1. The van der Waals surface area contributed by atoms with Crippen molar-refractivity contribution in [3.8, 4) is 5.75 Å². The number of ether oxygens (including phenoxy) is 3. The summed E-state index contributed by atoms with van der Waals surface area (Å²) in [5.74, 6) is -8.91. The summed E-state index contributed by atoms with van der Waals surface area (Å²) in [7, 11) is 4.06. The molecule has 1 saturated heterocycles. The molecule has 28 nitrogen and oxygen atoms in total. The number of nitrogens with two attached hydrogens (primary N) is 3. The Labute approximate surface area is 512 Å². The van der Waals surface area contributed by atoms with E-state index in [-0.39, 0.29) is 84.5 Å². The zero-order valence-electron chi connectivity index (χ0n) is 50.0. The number of carboxylic acid groups (broad SMARTS) is 1. The Hall–Kier alpha value is -6.80. The molecule has 0 saturated carbocycles. The number of carbonyl (C=O) groups excluding carboxylic acids is 10. The van der Waals surface area contributed by atoms with E-state index in [0.717, 1.165) is 52.3 Å². The number of rotatable bonds is 36. The van der Waals surface area contributed by atoms with Crippen LogP contribution in [0.2, 0.25) is 0 Å². The van der Waals surface area contributed by atoms with Crippen LogP contribution >= 0.6 is 32.9 Å². The first-order valence-electron chi connectivity index (χ1n) is 28.4. The number of primary amides is 1. The second kappa shape index (κ2) is 37.7. The Morgan fingerprint density at radius 2 is 1.57 bits per heavy atom. The van der Waals surface area contributed by atoms with Crippen LogP contribution in [0.4, 0.5) is 4.79 Å². The van der Waals surface area contributed by atoms with Gasteiger partial charge in [-0.3, -0.25) is 58.3 Å². The van der Waals surface area contributed by atoms with E-state index in [1.807, 2.05) is 46.6 Å². The number of nitrogens with zero attached hydrogens (tertiary/aromatic N) is 3. The highest BCUT2D eigenvalue weighted by molar-refractivity contribution is 8.76. The highest BCUT2D eigenvalue weighted by Gasteiger charge is 2.40. The summed E-state index contributed by atoms with van der Waals surface area (Å²) in [4.78, 5) is 151. The molecule has 3 rings (SSSR count). The number of hydrogen-bond acceptors (Lipinski definition) is 22. The van der Waals surface area contributed by atoms with Crippen molar-refractivity contribution in [2.45, 2.75) is 161 Å². The molecule has 0 bridgehead atoms. The maximum Gasteiger partial charge on any atom is 0.426 e. The van der Waals surface area contributed by atoms with E-state index < -0.39 is 127 Å². The van der Waals surface area contributed by atoms with Crippen LogP contribution in [0.15, 0.2) is 29.6 Å². The number of carboxylic acids is 1. The van der Waals surface area contributed by atoms with Gasteiger partial charge < -0.3 is 67.8 Å². The van der Waals surface area contributed by atoms with E-state index >= 15 is 0 Å². The van der Waals surface area contributed by atoms with Crippen molar-refractivity contribution in [1.29, 1.82) is 0 Å². The van der Waals surface area contributed by atoms with Crippen LogP contribution in [0.3, 0.4) is 0 Å². The molecule has 1 fully saturated rings. The van der Waals surface area contributed by atoms with Crippen molar-refractivity contribution in [1.82, 2.24) is 46.9 Å². The van der Waals surface area contributed by atoms with Crippen LogP contribution in [0.25, 0.3) is 0 Å². The third-order valence-corrected chi connectivity index (χ3v) is 17.3. The number of carbonyl (C=O) groups is 11. The minimum Gasteiger partial charge on any atom is -0.508 e. The molecule has 480 valence electrons. The van der Waals surface area contributed by atoms with E-state index in [1.54, 1.807) is 19.1 Å². The van der Waals surface area contributed by atoms with E-state index in [2.05, 4.69) is 37.1 Å². The lowest BCUT2D eigenvalue weighted by Crippen LogP contribution is -2.59. The standard InChI is InChI=1S/C55H86N12O16S3/c1-9-13-45(72)82-29-67(54(79)46(31(5)10-2)63-52(78)41-14-11-12-19-66(41)8)42(30(3)4)25-43(83-33(7)68)53-62-40(27-84-53)51(77)59-35(23-34-15-17-36(69)18-16-34)22-32(6)48(74)64-65-55(80)81-20-21-85-86-28-39(47(58)73)61-50(76)38(24-44(70)71)60-49(75)37(57)26-56/h15-18,27,30-32,35,37-39,41-43,46,69H,9-14,19-26,28-29,56-57H2,1-8H3,(H2,58,73)(H,59,77)(H,60,75)(H,61,76)(H,63,78)(H,64,74)(H,65,80)(H,70,71)/t31?,32-,35+,37-,38-,39-,41+,42+,43+,46-/m0/s1. The lowest BCUT2D eigenvalue weighted by atomic mass is 9.92. The molecule has 10 atom stereocenters. The summed E-state index contributed by atoms with van der Waals surface area (Å²) in [6.45, 7) is 11.9. The third kappa shape index (κ3) is 25.3. The minimum absolute atomic E-state index is 0.00535. The smallest absolute Gasteiger partial charge is 0.426 e. The van der Waals surface area contributed by atoms with Gasteiger partial charge >= 0.3 is 24.0 Å². The molecule has 2 aromatic rings. The number of likely N-dealkylation sites (N-methyl/N-ethyl adjacent to an activating group) is 1. The SMILES string of the molecule is CCCC(=O)OCN(C(=O)[C@@H](NC(=O)[C@H]1CCCCN1C)C(C)CC)[C@H](C[C@@H](OC(C)=O)c1nc(C(=O)N[C@@H](Cc2ccc(O)cc2)C[C@H](C)C(=O)NNC(=O)OCCSSC[C@H](NC(=O)[C@H](CC(=O)O)NC(=O)[C@@H](N)CN)C(N)=O)cs1)C(C)C. The molecule has 0 spiro atoms. The fourth-order valence-electron chi connectivity index (χ4n) is 8.93. The van der Waals surface area contributed by atoms with Crippen LogP contribution in [0.1, 0.15) is 133 Å². The van der Waals surface area contributed by atoms with Gasteiger partial charge in [-0.25, -0.2) is 15.2 Å². The zero-order chi connectivity index (χ0) is 64.2. The Morgan fingerprint density at radius 1 is 0.884 bits per heavy atom. The van der Waals surface area contributed by atoms with Crippen LogP contribution in [-0.2, 0) is 63.8 Å². The van der Waals surface area contributed by atoms with Gasteiger partial charge in [-0.2, -0.15) is 0 Å². The van der Waals surface area contributed by atoms with E-state index in [0.29, 0.717) is 24.8 Å². The quantitative estimate of drug-likeness (QED) is 0.0116. The Kier molecular flexibility index (Phi) is 32.2. The van der Waals surface area contributed by atoms with Crippen LogP contribution in [0.5, 0.6) is 5.75 Å². The molecular formula is C55H86N12O16S3. The average molecular weight is 1270 g/mol. The molecule has 1 aromatic heterocycles. The third-order valence-electron chi connectivity index (χ3n) is 14.0. The first-order valence-corrected chi connectivity index (χ1v) is 31.8. The molecule has 0 aliphatic carbocycles. The summed E-state index contributed by atoms with van der Waals surface area (Å²) in [6.07, 6.45) is 0.827. The number of phenols is 1. The lowest BCUT2D eigenvalue weighted by Gasteiger charge is -2.39. The van der Waals surface area contributed by atoms with Gasteiger partial charge in [0.15, 0.2) is 12.8 Å². The molecule has 1 aromatic carbocycles. The van der Waals surface area contributed by atoms with Crippen molar-refractivity contribution in [2.24, 2.45) is 35.0 Å². The molecular weight excluding hydrogens is 1180 g/mol. The van der Waals surface area contributed by atoms with Crippen molar-refractivity contribution >= 4 is 98.3 Å². The van der Waals surface area contributed by atoms with E-state index in [4.69, 9.17) is 31.4 Å². The molecule has 8 amide bonds. The highest BCUT2D eigenvalue weighted by atomic mass is 33.1. The first kappa shape index (κ1) is 73.5. The number of aromatic hydroxyl groups is 1. The van der Waals surface area contributed by atoms with E-state index in [9.17, 15) is 63.0 Å². The van der Waals surface area contributed by atoms with Gasteiger partial charge in [-0.1, -0.05) is 88.1 Å². The Morgan fingerprint density at radius 3 is 2.17 bits per heavy atom. The van der Waals surface area contributed by atoms with Gasteiger partial charge in [0.2, 0.25) is 35.4 Å². The monoisotopic (exact) mass is 1270 g/mol. The normalized spacial score (nSPS) is 16.4. The van der Waals surface area contributed by atoms with Gasteiger partial charge in [-0.15, -0.1) is 11.3 Å². The number of amides is 8. The van der Waals surface area contributed by atoms with Gasteiger partial charge in [0.1, 0.15) is 41.2 Å². The lowest BCUT2D eigenvalue weighted by molar-refractivity contribution is -0.160. The second-order valence-electron chi connectivity index (χ2n) is 21.3. The number of piperidine rings is 1. The highest BCUT2D eigenvalue weighted by Crippen LogP contribution is 2.32. The molecule has 0 radical (unpaired) electrons. The topological polar surface area (TPSA) is 426 Å². The second-order valence-corrected chi connectivity index (χ2v) is 24.8. The number of likely N-dealkylation sites (tertiary alicyclic amines) is 1. The minimum atomic E-state index is -1.58. The summed E-state index contributed by atoms with van der Waals surface area (Å²) in [5, 5.41) is 31.4. The summed E-state index contributed by atoms with van der Waals surface area (Å²) in [6, 6.07) is -0.762. The van der Waals surface area contributed by atoms with Crippen LogP contribution in [0, 0.1) is 17.8 Å². The molecule has 1 unspecified atom stereocenters. The van der Waals surface area contributed by atoms with Crippen molar-refractivity contribution in [2.75, 3.05) is 45.0 Å². The summed E-state index contributed by atoms with van der Waals surface area (Å²) < 4.78 is 16.7. The van der Waals surface area contributed by atoms with Crippen LogP contribution < -0.4 is 49.3 Å². The molecule has 1 aliphatic heterocycles. The predicted octanol–water partition coefficient (Wildman–Crippen LogP) is 1.73. The van der Waals surface area contributed by atoms with Gasteiger partial charge in [-0.05, 0) is 75.2 Å². The number of nitrogens with one attached hydrogen (secondary N) is 6. The van der Waals surface area contributed by atoms with Gasteiger partial charge in [0.25, 0.3) is 5.91 Å². The number of hydrogen-bond donors (Lipinski definition) is 11.